The smallest absolute Gasteiger partial charge is 0.435 e. The molecule has 148 valence electrons. The molecular formula is C17H13F4N3O3S. The third-order valence-corrected chi connectivity index (χ3v) is 4.71. The lowest BCUT2D eigenvalue weighted by molar-refractivity contribution is -0.141. The number of hydrogen-bond donors (Lipinski definition) is 0. The van der Waals surface area contributed by atoms with Crippen molar-refractivity contribution in [3.05, 3.63) is 65.7 Å². The van der Waals surface area contributed by atoms with Gasteiger partial charge in [-0.05, 0) is 29.8 Å². The summed E-state index contributed by atoms with van der Waals surface area (Å²) in [6, 6.07) is 8.49. The highest BCUT2D eigenvalue weighted by Gasteiger charge is 2.35. The number of ether oxygens (including phenoxy) is 1. The highest BCUT2D eigenvalue weighted by molar-refractivity contribution is 7.90. The molecule has 11 heteroatoms. The van der Waals surface area contributed by atoms with Gasteiger partial charge in [0, 0.05) is 18.5 Å². The maximum atomic E-state index is 13.3. The lowest BCUT2D eigenvalue weighted by Crippen LogP contribution is -2.09. The molecule has 0 aliphatic rings. The van der Waals surface area contributed by atoms with E-state index in [1.54, 1.807) is 6.07 Å². The molecule has 3 rings (SSSR count). The number of sulfone groups is 1. The summed E-state index contributed by atoms with van der Waals surface area (Å²) in [6.45, 7) is -0.206. The Balaban J connectivity index is 1.96. The molecule has 0 saturated carbocycles. The monoisotopic (exact) mass is 415 g/mol. The van der Waals surface area contributed by atoms with Crippen LogP contribution >= 0.6 is 0 Å². The van der Waals surface area contributed by atoms with E-state index in [9.17, 15) is 26.0 Å². The van der Waals surface area contributed by atoms with Gasteiger partial charge in [0.05, 0.1) is 4.90 Å². The Labute approximate surface area is 157 Å². The van der Waals surface area contributed by atoms with Gasteiger partial charge in [-0.1, -0.05) is 12.1 Å². The van der Waals surface area contributed by atoms with Crippen molar-refractivity contribution in [2.45, 2.75) is 17.7 Å². The van der Waals surface area contributed by atoms with Gasteiger partial charge >= 0.3 is 6.18 Å². The van der Waals surface area contributed by atoms with E-state index in [2.05, 4.69) is 10.1 Å². The van der Waals surface area contributed by atoms with Crippen LogP contribution < -0.4 is 4.74 Å². The standard InChI is InChI=1S/C17H13F4N3O3S/c1-28(25,26)13-5-6-15(22-9-13)24-16(8-14(23-24)17(19,20)21)27-10-11-3-2-4-12(18)7-11/h2-9H,10H2,1H3. The first-order valence-electron chi connectivity index (χ1n) is 7.75. The van der Waals surface area contributed by atoms with Crippen molar-refractivity contribution in [1.82, 2.24) is 14.8 Å². The summed E-state index contributed by atoms with van der Waals surface area (Å²) < 4.78 is 81.6. The van der Waals surface area contributed by atoms with Crippen LogP contribution in [0.15, 0.2) is 53.6 Å². The summed E-state index contributed by atoms with van der Waals surface area (Å²) in [4.78, 5) is 3.76. The number of benzene rings is 1. The summed E-state index contributed by atoms with van der Waals surface area (Å²) in [5.74, 6) is -0.864. The maximum absolute atomic E-state index is 13.3. The first-order valence-corrected chi connectivity index (χ1v) is 9.64. The minimum atomic E-state index is -4.73. The lowest BCUT2D eigenvalue weighted by atomic mass is 10.2. The zero-order chi connectivity index (χ0) is 20.5. The van der Waals surface area contributed by atoms with Crippen LogP contribution in [-0.4, -0.2) is 29.4 Å². The molecule has 2 aromatic heterocycles. The fourth-order valence-electron chi connectivity index (χ4n) is 2.27. The quantitative estimate of drug-likeness (QED) is 0.597. The molecule has 0 atom stereocenters. The van der Waals surface area contributed by atoms with E-state index in [0.717, 1.165) is 17.1 Å². The fourth-order valence-corrected chi connectivity index (χ4v) is 2.83. The van der Waals surface area contributed by atoms with E-state index in [1.165, 1.54) is 30.3 Å². The van der Waals surface area contributed by atoms with Crippen molar-refractivity contribution in [2.24, 2.45) is 0 Å². The molecule has 0 amide bonds. The molecule has 0 aliphatic carbocycles. The summed E-state index contributed by atoms with van der Waals surface area (Å²) in [7, 11) is -3.52. The van der Waals surface area contributed by atoms with Crippen LogP contribution in [0.1, 0.15) is 11.3 Å². The first-order chi connectivity index (χ1) is 13.0. The van der Waals surface area contributed by atoms with Crippen LogP contribution in [0.3, 0.4) is 0 Å². The van der Waals surface area contributed by atoms with Crippen molar-refractivity contribution in [2.75, 3.05) is 6.26 Å². The predicted octanol–water partition coefficient (Wildman–Crippen LogP) is 3.41. The number of pyridine rings is 1. The molecule has 0 bridgehead atoms. The summed E-state index contributed by atoms with van der Waals surface area (Å²) in [6.07, 6.45) is -2.74. The second kappa shape index (κ2) is 7.23. The fraction of sp³-hybridized carbons (Fsp3) is 0.176. The maximum Gasteiger partial charge on any atom is 0.435 e. The molecule has 0 spiro atoms. The molecule has 28 heavy (non-hydrogen) atoms. The van der Waals surface area contributed by atoms with Crippen LogP contribution in [-0.2, 0) is 22.6 Å². The predicted molar refractivity (Wildman–Crippen MR) is 90.2 cm³/mol. The second-order valence-corrected chi connectivity index (χ2v) is 7.84. The van der Waals surface area contributed by atoms with Gasteiger partial charge in [0.2, 0.25) is 5.88 Å². The second-order valence-electron chi connectivity index (χ2n) is 5.82. The van der Waals surface area contributed by atoms with Crippen LogP contribution in [0.4, 0.5) is 17.6 Å². The Morgan fingerprint density at radius 1 is 1.14 bits per heavy atom. The van der Waals surface area contributed by atoms with Gasteiger partial charge in [-0.2, -0.15) is 23.0 Å². The summed E-state index contributed by atoms with van der Waals surface area (Å²) >= 11 is 0. The van der Waals surface area contributed by atoms with Crippen molar-refractivity contribution in [3.63, 3.8) is 0 Å². The molecule has 0 aliphatic heterocycles. The first kappa shape index (κ1) is 19.8. The number of aromatic nitrogens is 3. The highest BCUT2D eigenvalue weighted by Crippen LogP contribution is 2.32. The molecule has 6 nitrogen and oxygen atoms in total. The highest BCUT2D eigenvalue weighted by atomic mass is 32.2. The molecule has 3 aromatic rings. The summed E-state index contributed by atoms with van der Waals surface area (Å²) in [5, 5.41) is 3.45. The Morgan fingerprint density at radius 2 is 1.89 bits per heavy atom. The van der Waals surface area contributed by atoms with Gasteiger partial charge in [-0.3, -0.25) is 0 Å². The normalized spacial score (nSPS) is 12.2. The van der Waals surface area contributed by atoms with Crippen molar-refractivity contribution < 1.29 is 30.7 Å². The van der Waals surface area contributed by atoms with Crippen LogP contribution in [0.2, 0.25) is 0 Å². The number of nitrogens with zero attached hydrogens (tertiary/aromatic N) is 3. The Kier molecular flexibility index (Phi) is 5.11. The topological polar surface area (TPSA) is 74.1 Å². The van der Waals surface area contributed by atoms with E-state index >= 15 is 0 Å². The van der Waals surface area contributed by atoms with Crippen molar-refractivity contribution in [1.29, 1.82) is 0 Å². The largest absolute Gasteiger partial charge is 0.473 e. The molecule has 2 heterocycles. The van der Waals surface area contributed by atoms with Gasteiger partial charge in [0.15, 0.2) is 21.3 Å². The van der Waals surface area contributed by atoms with E-state index in [4.69, 9.17) is 4.74 Å². The molecule has 0 unspecified atom stereocenters. The lowest BCUT2D eigenvalue weighted by Gasteiger charge is -2.09. The van der Waals surface area contributed by atoms with E-state index in [-0.39, 0.29) is 23.2 Å². The van der Waals surface area contributed by atoms with Crippen molar-refractivity contribution >= 4 is 9.84 Å². The molecule has 0 N–H and O–H groups in total. The van der Waals surface area contributed by atoms with Gasteiger partial charge in [-0.25, -0.2) is 17.8 Å². The summed E-state index contributed by atoms with van der Waals surface area (Å²) in [5.41, 5.74) is -0.808. The number of rotatable bonds is 5. The zero-order valence-corrected chi connectivity index (χ0v) is 15.1. The van der Waals surface area contributed by atoms with E-state index in [1.807, 2.05) is 0 Å². The third kappa shape index (κ3) is 4.47. The van der Waals surface area contributed by atoms with Gasteiger partial charge in [-0.15, -0.1) is 0 Å². The molecule has 0 radical (unpaired) electrons. The van der Waals surface area contributed by atoms with Crippen LogP contribution in [0, 0.1) is 5.82 Å². The van der Waals surface area contributed by atoms with E-state index in [0.29, 0.717) is 11.6 Å². The molecule has 0 saturated heterocycles. The minimum Gasteiger partial charge on any atom is -0.473 e. The Bertz CT molecular complexity index is 1090. The minimum absolute atomic E-state index is 0.0721. The molecule has 1 aromatic carbocycles. The number of alkyl halides is 3. The van der Waals surface area contributed by atoms with Crippen LogP contribution in [0.25, 0.3) is 5.82 Å². The van der Waals surface area contributed by atoms with Gasteiger partial charge < -0.3 is 4.74 Å². The third-order valence-electron chi connectivity index (χ3n) is 3.61. The van der Waals surface area contributed by atoms with Gasteiger partial charge in [0.1, 0.15) is 12.4 Å². The average Bonchev–Trinajstić information content (AvgIpc) is 3.04. The van der Waals surface area contributed by atoms with Crippen LogP contribution in [0.5, 0.6) is 5.88 Å². The van der Waals surface area contributed by atoms with E-state index < -0.39 is 27.5 Å². The molecule has 0 fully saturated rings. The zero-order valence-electron chi connectivity index (χ0n) is 14.3. The number of hydrogen-bond acceptors (Lipinski definition) is 5. The average molecular weight is 415 g/mol. The van der Waals surface area contributed by atoms with Gasteiger partial charge in [0.25, 0.3) is 0 Å². The SMILES string of the molecule is CS(=O)(=O)c1ccc(-n2nc(C(F)(F)F)cc2OCc2cccc(F)c2)nc1. The van der Waals surface area contributed by atoms with Crippen molar-refractivity contribution in [3.8, 4) is 11.7 Å². The Hall–Kier alpha value is -2.95. The Morgan fingerprint density at radius 3 is 2.46 bits per heavy atom. The number of halogens is 4. The molecular weight excluding hydrogens is 402 g/mol.